The first-order valence-corrected chi connectivity index (χ1v) is 6.58. The Bertz CT molecular complexity index is 255. The molecular weight excluding hydrogens is 240 g/mol. The van der Waals surface area contributed by atoms with Gasteiger partial charge in [0.15, 0.2) is 0 Å². The van der Waals surface area contributed by atoms with Gasteiger partial charge in [-0.1, -0.05) is 13.3 Å². The third-order valence-corrected chi connectivity index (χ3v) is 3.11. The van der Waals surface area contributed by atoms with Crippen LogP contribution in [-0.2, 0) is 9.59 Å². The van der Waals surface area contributed by atoms with Crippen molar-refractivity contribution in [3.63, 3.8) is 0 Å². The van der Waals surface area contributed by atoms with Crippen molar-refractivity contribution in [3.8, 4) is 0 Å². The summed E-state index contributed by atoms with van der Waals surface area (Å²) in [5, 5.41) is 5.50. The molecule has 0 unspecified atom stereocenters. The average Bonchev–Trinajstić information content (AvgIpc) is 2.29. The van der Waals surface area contributed by atoms with Gasteiger partial charge >= 0.3 is 0 Å². The van der Waals surface area contributed by atoms with Crippen molar-refractivity contribution in [1.82, 2.24) is 10.6 Å². The Morgan fingerprint density at radius 3 is 2.35 bits per heavy atom. The predicted octanol–water partition coefficient (Wildman–Crippen LogP) is 1.67. The van der Waals surface area contributed by atoms with Gasteiger partial charge in [0.1, 0.15) is 0 Å². The number of alkyl halides is 1. The van der Waals surface area contributed by atoms with Crippen LogP contribution in [0, 0.1) is 5.41 Å². The van der Waals surface area contributed by atoms with E-state index in [0.717, 1.165) is 12.8 Å². The highest BCUT2D eigenvalue weighted by atomic mass is 35.5. The number of rotatable bonds is 8. The fourth-order valence-corrected chi connectivity index (χ4v) is 1.20. The zero-order valence-corrected chi connectivity index (χ0v) is 11.7. The number of nitrogens with one attached hydrogen (secondary N) is 2. The standard InChI is InChI=1S/C12H23ClN2O2/c1-4-5-7-14-10(16)6-8-15-11(17)12(2,3)9-13/h4-9H2,1-3H3,(H,14,16)(H,15,17). The normalized spacial score (nSPS) is 11.1. The van der Waals surface area contributed by atoms with Gasteiger partial charge in [0.05, 0.1) is 5.41 Å². The highest BCUT2D eigenvalue weighted by molar-refractivity contribution is 6.19. The molecule has 0 bridgehead atoms. The van der Waals surface area contributed by atoms with Crippen LogP contribution in [0.1, 0.15) is 40.0 Å². The van der Waals surface area contributed by atoms with Crippen LogP contribution in [0.5, 0.6) is 0 Å². The molecule has 0 saturated carbocycles. The Balaban J connectivity index is 3.70. The Hall–Kier alpha value is -0.770. The Kier molecular flexibility index (Phi) is 7.96. The highest BCUT2D eigenvalue weighted by Gasteiger charge is 2.25. The molecule has 0 aromatic heterocycles. The van der Waals surface area contributed by atoms with Crippen molar-refractivity contribution in [1.29, 1.82) is 0 Å². The first-order chi connectivity index (χ1) is 7.94. The van der Waals surface area contributed by atoms with Gasteiger partial charge in [0.25, 0.3) is 0 Å². The maximum Gasteiger partial charge on any atom is 0.226 e. The van der Waals surface area contributed by atoms with E-state index < -0.39 is 5.41 Å². The monoisotopic (exact) mass is 262 g/mol. The Labute approximate surface area is 108 Å². The summed E-state index contributed by atoms with van der Waals surface area (Å²) >= 11 is 5.67. The highest BCUT2D eigenvalue weighted by Crippen LogP contribution is 2.16. The number of carbonyl (C=O) groups is 2. The lowest BCUT2D eigenvalue weighted by molar-refractivity contribution is -0.128. The molecule has 0 saturated heterocycles. The summed E-state index contributed by atoms with van der Waals surface area (Å²) in [6.45, 7) is 6.68. The lowest BCUT2D eigenvalue weighted by Crippen LogP contribution is -2.40. The molecule has 0 rings (SSSR count). The van der Waals surface area contributed by atoms with Crippen LogP contribution in [0.2, 0.25) is 0 Å². The third kappa shape index (κ3) is 7.21. The van der Waals surface area contributed by atoms with Crippen LogP contribution in [0.3, 0.4) is 0 Å². The summed E-state index contributed by atoms with van der Waals surface area (Å²) in [7, 11) is 0. The van der Waals surface area contributed by atoms with E-state index in [1.807, 2.05) is 0 Å². The molecule has 0 radical (unpaired) electrons. The summed E-state index contributed by atoms with van der Waals surface area (Å²) in [6.07, 6.45) is 2.35. The number of amides is 2. The van der Waals surface area contributed by atoms with Crippen LogP contribution < -0.4 is 10.6 Å². The Morgan fingerprint density at radius 1 is 1.18 bits per heavy atom. The fraction of sp³-hybridized carbons (Fsp3) is 0.833. The molecule has 0 heterocycles. The van der Waals surface area contributed by atoms with Gasteiger partial charge in [-0.3, -0.25) is 9.59 Å². The van der Waals surface area contributed by atoms with E-state index in [1.165, 1.54) is 0 Å². The van der Waals surface area contributed by atoms with E-state index in [-0.39, 0.29) is 17.7 Å². The van der Waals surface area contributed by atoms with Gasteiger partial charge in [0, 0.05) is 25.4 Å². The van der Waals surface area contributed by atoms with E-state index in [0.29, 0.717) is 19.5 Å². The third-order valence-electron chi connectivity index (χ3n) is 2.44. The summed E-state index contributed by atoms with van der Waals surface area (Å²) in [4.78, 5) is 22.9. The number of hydrogen-bond acceptors (Lipinski definition) is 2. The number of hydrogen-bond donors (Lipinski definition) is 2. The maximum absolute atomic E-state index is 11.6. The molecular formula is C12H23ClN2O2. The van der Waals surface area contributed by atoms with Crippen LogP contribution >= 0.6 is 11.6 Å². The van der Waals surface area contributed by atoms with Crippen molar-refractivity contribution >= 4 is 23.4 Å². The van der Waals surface area contributed by atoms with Gasteiger partial charge in [-0.15, -0.1) is 11.6 Å². The molecule has 4 nitrogen and oxygen atoms in total. The number of halogens is 1. The van der Waals surface area contributed by atoms with Crippen molar-refractivity contribution in [2.75, 3.05) is 19.0 Å². The molecule has 17 heavy (non-hydrogen) atoms. The van der Waals surface area contributed by atoms with Gasteiger partial charge < -0.3 is 10.6 Å². The lowest BCUT2D eigenvalue weighted by atomic mass is 9.95. The molecule has 0 spiro atoms. The van der Waals surface area contributed by atoms with Gasteiger partial charge in [0.2, 0.25) is 11.8 Å². The molecule has 5 heteroatoms. The molecule has 0 aliphatic carbocycles. The zero-order valence-electron chi connectivity index (χ0n) is 10.9. The van der Waals surface area contributed by atoms with Crippen LogP contribution in [-0.4, -0.2) is 30.8 Å². The molecule has 0 aliphatic heterocycles. The van der Waals surface area contributed by atoms with Crippen molar-refractivity contribution in [2.24, 2.45) is 5.41 Å². The smallest absolute Gasteiger partial charge is 0.226 e. The molecule has 2 N–H and O–H groups in total. The summed E-state index contributed by atoms with van der Waals surface area (Å²) in [5.74, 6) is 0.123. The van der Waals surface area contributed by atoms with E-state index in [4.69, 9.17) is 11.6 Å². The summed E-state index contributed by atoms with van der Waals surface area (Å²) in [5.41, 5.74) is -0.583. The maximum atomic E-state index is 11.6. The summed E-state index contributed by atoms with van der Waals surface area (Å²) < 4.78 is 0. The van der Waals surface area contributed by atoms with Crippen molar-refractivity contribution in [2.45, 2.75) is 40.0 Å². The minimum absolute atomic E-state index is 0.0255. The molecule has 2 amide bonds. The number of carbonyl (C=O) groups excluding carboxylic acids is 2. The van der Waals surface area contributed by atoms with E-state index in [1.54, 1.807) is 13.8 Å². The van der Waals surface area contributed by atoms with Crippen molar-refractivity contribution < 1.29 is 9.59 Å². The zero-order chi connectivity index (χ0) is 13.3. The second-order valence-electron chi connectivity index (χ2n) is 4.73. The first kappa shape index (κ1) is 16.2. The van der Waals surface area contributed by atoms with Crippen LogP contribution in [0.25, 0.3) is 0 Å². The second kappa shape index (κ2) is 8.34. The lowest BCUT2D eigenvalue weighted by Gasteiger charge is -2.20. The first-order valence-electron chi connectivity index (χ1n) is 6.05. The Morgan fingerprint density at radius 2 is 1.82 bits per heavy atom. The van der Waals surface area contributed by atoms with Gasteiger partial charge in [-0.25, -0.2) is 0 Å². The largest absolute Gasteiger partial charge is 0.356 e. The molecule has 0 aliphatic rings. The fourth-order valence-electron chi connectivity index (χ4n) is 1.08. The number of unbranched alkanes of at least 4 members (excludes halogenated alkanes) is 1. The quantitative estimate of drug-likeness (QED) is 0.516. The van der Waals surface area contributed by atoms with Crippen LogP contribution in [0.4, 0.5) is 0 Å². The second-order valence-corrected chi connectivity index (χ2v) is 4.99. The van der Waals surface area contributed by atoms with Crippen LogP contribution in [0.15, 0.2) is 0 Å². The predicted molar refractivity (Wildman–Crippen MR) is 70.0 cm³/mol. The molecule has 0 atom stereocenters. The van der Waals surface area contributed by atoms with E-state index in [2.05, 4.69) is 17.6 Å². The van der Waals surface area contributed by atoms with Crippen molar-refractivity contribution in [3.05, 3.63) is 0 Å². The molecule has 100 valence electrons. The molecule has 0 aromatic carbocycles. The molecule has 0 fully saturated rings. The van der Waals surface area contributed by atoms with E-state index >= 15 is 0 Å². The van der Waals surface area contributed by atoms with Gasteiger partial charge in [-0.2, -0.15) is 0 Å². The van der Waals surface area contributed by atoms with E-state index in [9.17, 15) is 9.59 Å². The minimum Gasteiger partial charge on any atom is -0.356 e. The van der Waals surface area contributed by atoms with Gasteiger partial charge in [-0.05, 0) is 20.3 Å². The topological polar surface area (TPSA) is 58.2 Å². The SMILES string of the molecule is CCCCNC(=O)CCNC(=O)C(C)(C)CCl. The average molecular weight is 263 g/mol. The summed E-state index contributed by atoms with van der Waals surface area (Å²) in [6, 6.07) is 0. The molecule has 0 aromatic rings. The minimum atomic E-state index is -0.583.